The van der Waals surface area contributed by atoms with Crippen LogP contribution in [0.25, 0.3) is 0 Å². The molecule has 0 heterocycles. The molecular weight excluding hydrogens is 182 g/mol. The van der Waals surface area contributed by atoms with Crippen molar-refractivity contribution in [2.75, 3.05) is 0 Å². The largest absolute Gasteiger partial charge is 0.436 e. The van der Waals surface area contributed by atoms with Gasteiger partial charge in [-0.25, -0.2) is 4.79 Å². The summed E-state index contributed by atoms with van der Waals surface area (Å²) in [4.78, 5) is 15.9. The van der Waals surface area contributed by atoms with E-state index in [4.69, 9.17) is 9.57 Å². The summed E-state index contributed by atoms with van der Waals surface area (Å²) in [7, 11) is 0. The third kappa shape index (κ3) is 3.91. The molecule has 76 valence electrons. The van der Waals surface area contributed by atoms with Gasteiger partial charge in [-0.2, -0.15) is 5.48 Å². The molecule has 1 rings (SSSR count). The minimum absolute atomic E-state index is 0.0710. The first-order chi connectivity index (χ1) is 6.68. The van der Waals surface area contributed by atoms with E-state index in [1.165, 1.54) is 0 Å². The highest BCUT2D eigenvalue weighted by Gasteiger charge is 2.03. The summed E-state index contributed by atoms with van der Waals surface area (Å²) in [6.45, 7) is 3.62. The van der Waals surface area contributed by atoms with Crippen LogP contribution in [0.2, 0.25) is 0 Å². The van der Waals surface area contributed by atoms with Gasteiger partial charge in [0, 0.05) is 0 Å². The van der Waals surface area contributed by atoms with Crippen molar-refractivity contribution < 1.29 is 14.4 Å². The van der Waals surface area contributed by atoms with Crippen LogP contribution < -0.4 is 10.2 Å². The fourth-order valence-electron chi connectivity index (χ4n) is 0.782. The van der Waals surface area contributed by atoms with Crippen LogP contribution in [0.4, 0.5) is 4.79 Å². The summed E-state index contributed by atoms with van der Waals surface area (Å²) < 4.78 is 4.89. The van der Waals surface area contributed by atoms with Gasteiger partial charge in [-0.15, -0.1) is 0 Å². The van der Waals surface area contributed by atoms with Gasteiger partial charge < -0.3 is 4.74 Å². The van der Waals surface area contributed by atoms with E-state index in [1.807, 2.05) is 19.9 Å². The standard InChI is InChI=1S/C10H13NO3/c1-8(2)14-11-10(12)13-9-6-4-3-5-7-9/h3-8H,1-2H3,(H,11,12). The van der Waals surface area contributed by atoms with E-state index in [1.54, 1.807) is 24.3 Å². The maximum Gasteiger partial charge on any atom is 0.436 e. The molecular formula is C10H13NO3. The summed E-state index contributed by atoms with van der Waals surface area (Å²) in [5.74, 6) is 0.484. The Morgan fingerprint density at radius 2 is 1.93 bits per heavy atom. The van der Waals surface area contributed by atoms with Gasteiger partial charge in [-0.3, -0.25) is 4.84 Å². The molecule has 0 unspecified atom stereocenters. The van der Waals surface area contributed by atoms with Gasteiger partial charge in [-0.1, -0.05) is 18.2 Å². The van der Waals surface area contributed by atoms with Crippen LogP contribution in [0.15, 0.2) is 30.3 Å². The minimum atomic E-state index is -0.620. The van der Waals surface area contributed by atoms with Gasteiger partial charge in [0.15, 0.2) is 0 Å². The van der Waals surface area contributed by atoms with Gasteiger partial charge in [0.25, 0.3) is 0 Å². The van der Waals surface area contributed by atoms with Crippen molar-refractivity contribution in [3.05, 3.63) is 30.3 Å². The van der Waals surface area contributed by atoms with Crippen molar-refractivity contribution in [2.24, 2.45) is 0 Å². The van der Waals surface area contributed by atoms with Crippen LogP contribution >= 0.6 is 0 Å². The van der Waals surface area contributed by atoms with Crippen LogP contribution in [0.5, 0.6) is 5.75 Å². The fourth-order valence-corrected chi connectivity index (χ4v) is 0.782. The Kier molecular flexibility index (Phi) is 3.94. The van der Waals surface area contributed by atoms with Crippen molar-refractivity contribution in [1.29, 1.82) is 0 Å². The second kappa shape index (κ2) is 5.24. The van der Waals surface area contributed by atoms with Gasteiger partial charge >= 0.3 is 6.09 Å². The number of ether oxygens (including phenoxy) is 1. The van der Waals surface area contributed by atoms with Crippen molar-refractivity contribution in [1.82, 2.24) is 5.48 Å². The highest BCUT2D eigenvalue weighted by Crippen LogP contribution is 2.07. The summed E-state index contributed by atoms with van der Waals surface area (Å²) in [6.07, 6.45) is -0.691. The van der Waals surface area contributed by atoms with Gasteiger partial charge in [0.2, 0.25) is 0 Å². The third-order valence-corrected chi connectivity index (χ3v) is 1.33. The zero-order valence-electron chi connectivity index (χ0n) is 8.19. The maximum absolute atomic E-state index is 11.1. The lowest BCUT2D eigenvalue weighted by Crippen LogP contribution is -2.29. The first-order valence-electron chi connectivity index (χ1n) is 4.37. The van der Waals surface area contributed by atoms with E-state index >= 15 is 0 Å². The number of amides is 1. The number of nitrogens with one attached hydrogen (secondary N) is 1. The first-order valence-corrected chi connectivity index (χ1v) is 4.37. The maximum atomic E-state index is 11.1. The number of hydroxylamine groups is 1. The molecule has 0 fully saturated rings. The summed E-state index contributed by atoms with van der Waals surface area (Å²) in [5.41, 5.74) is 2.17. The Balaban J connectivity index is 2.35. The van der Waals surface area contributed by atoms with Crippen molar-refractivity contribution >= 4 is 6.09 Å². The van der Waals surface area contributed by atoms with E-state index in [9.17, 15) is 4.79 Å². The molecule has 1 aromatic rings. The molecule has 0 aliphatic carbocycles. The smallest absolute Gasteiger partial charge is 0.409 e. The molecule has 1 N–H and O–H groups in total. The minimum Gasteiger partial charge on any atom is -0.409 e. The average Bonchev–Trinajstić information content (AvgIpc) is 2.16. The number of rotatable bonds is 3. The molecule has 0 aliphatic heterocycles. The lowest BCUT2D eigenvalue weighted by molar-refractivity contribution is 0.00483. The Hall–Kier alpha value is -1.55. The molecule has 0 spiro atoms. The second-order valence-electron chi connectivity index (χ2n) is 2.97. The molecule has 0 aliphatic rings. The molecule has 0 bridgehead atoms. The van der Waals surface area contributed by atoms with E-state index < -0.39 is 6.09 Å². The quantitative estimate of drug-likeness (QED) is 0.751. The molecule has 1 amide bonds. The zero-order chi connectivity index (χ0) is 10.4. The predicted octanol–water partition coefficient (Wildman–Crippen LogP) is 2.12. The molecule has 4 nitrogen and oxygen atoms in total. The van der Waals surface area contributed by atoms with Crippen LogP contribution in [-0.4, -0.2) is 12.2 Å². The lowest BCUT2D eigenvalue weighted by atomic mass is 10.3. The summed E-state index contributed by atoms with van der Waals surface area (Å²) in [6, 6.07) is 8.79. The molecule has 0 aromatic heterocycles. The number of hydrogen-bond donors (Lipinski definition) is 1. The highest BCUT2D eigenvalue weighted by atomic mass is 16.7. The van der Waals surface area contributed by atoms with Crippen molar-refractivity contribution in [2.45, 2.75) is 20.0 Å². The van der Waals surface area contributed by atoms with Crippen LogP contribution in [0.3, 0.4) is 0 Å². The van der Waals surface area contributed by atoms with Crippen molar-refractivity contribution in [3.63, 3.8) is 0 Å². The summed E-state index contributed by atoms with van der Waals surface area (Å²) in [5, 5.41) is 0. The number of carbonyl (C=O) groups is 1. The SMILES string of the molecule is CC(C)ONC(=O)Oc1ccccc1. The zero-order valence-corrected chi connectivity index (χ0v) is 8.19. The Bertz CT molecular complexity index is 285. The number of para-hydroxylation sites is 1. The highest BCUT2D eigenvalue weighted by molar-refractivity contribution is 5.69. The topological polar surface area (TPSA) is 47.6 Å². The van der Waals surface area contributed by atoms with Crippen LogP contribution in [0.1, 0.15) is 13.8 Å². The van der Waals surface area contributed by atoms with Crippen molar-refractivity contribution in [3.8, 4) is 5.75 Å². The number of hydrogen-bond acceptors (Lipinski definition) is 3. The lowest BCUT2D eigenvalue weighted by Gasteiger charge is -2.08. The molecule has 0 saturated heterocycles. The summed E-state index contributed by atoms with van der Waals surface area (Å²) >= 11 is 0. The second-order valence-corrected chi connectivity index (χ2v) is 2.97. The molecule has 14 heavy (non-hydrogen) atoms. The van der Waals surface area contributed by atoms with Crippen LogP contribution in [0, 0.1) is 0 Å². The average molecular weight is 195 g/mol. The Morgan fingerprint density at radius 3 is 2.50 bits per heavy atom. The monoisotopic (exact) mass is 195 g/mol. The van der Waals surface area contributed by atoms with E-state index in [2.05, 4.69) is 5.48 Å². The molecule has 0 saturated carbocycles. The third-order valence-electron chi connectivity index (χ3n) is 1.33. The number of benzene rings is 1. The van der Waals surface area contributed by atoms with E-state index in [0.29, 0.717) is 5.75 Å². The Morgan fingerprint density at radius 1 is 1.29 bits per heavy atom. The Labute approximate surface area is 82.8 Å². The first kappa shape index (κ1) is 10.5. The van der Waals surface area contributed by atoms with E-state index in [0.717, 1.165) is 0 Å². The van der Waals surface area contributed by atoms with Gasteiger partial charge in [0.1, 0.15) is 5.75 Å². The molecule has 1 aromatic carbocycles. The van der Waals surface area contributed by atoms with Crippen LogP contribution in [-0.2, 0) is 4.84 Å². The normalized spacial score (nSPS) is 9.93. The fraction of sp³-hybridized carbons (Fsp3) is 0.300. The predicted molar refractivity (Wildman–Crippen MR) is 51.8 cm³/mol. The van der Waals surface area contributed by atoms with Gasteiger partial charge in [0.05, 0.1) is 6.10 Å². The molecule has 4 heteroatoms. The molecule has 0 atom stereocenters. The molecule has 0 radical (unpaired) electrons. The van der Waals surface area contributed by atoms with E-state index in [-0.39, 0.29) is 6.10 Å². The van der Waals surface area contributed by atoms with Gasteiger partial charge in [-0.05, 0) is 26.0 Å². The number of carbonyl (C=O) groups excluding carboxylic acids is 1.